The van der Waals surface area contributed by atoms with E-state index < -0.39 is 38.4 Å². The number of carbonyl (C=O) groups excluding carboxylic acids is 1. The molecule has 1 atom stereocenters. The molecule has 0 fully saturated rings. The SMILES string of the molecule is CC(CN(C)C(=O)NCCS(=O)(=O)c1ccc([N+](=O)[O-])cc1)C(=O)O. The molecule has 0 spiro atoms. The van der Waals surface area contributed by atoms with Gasteiger partial charge in [0.15, 0.2) is 9.84 Å². The highest BCUT2D eigenvalue weighted by Gasteiger charge is 2.19. The molecule has 25 heavy (non-hydrogen) atoms. The number of non-ortho nitro benzene ring substituents is 1. The lowest BCUT2D eigenvalue weighted by Crippen LogP contribution is -2.42. The molecule has 0 aliphatic rings. The highest BCUT2D eigenvalue weighted by molar-refractivity contribution is 7.91. The van der Waals surface area contributed by atoms with E-state index in [0.29, 0.717) is 0 Å². The predicted molar refractivity (Wildman–Crippen MR) is 88.0 cm³/mol. The maximum absolute atomic E-state index is 12.1. The second-order valence-corrected chi connectivity index (χ2v) is 7.53. The molecule has 1 aromatic carbocycles. The van der Waals surface area contributed by atoms with E-state index >= 15 is 0 Å². The summed E-state index contributed by atoms with van der Waals surface area (Å²) in [7, 11) is -2.31. The van der Waals surface area contributed by atoms with Gasteiger partial charge in [-0.2, -0.15) is 0 Å². The van der Waals surface area contributed by atoms with Gasteiger partial charge >= 0.3 is 12.0 Å². The molecule has 0 radical (unpaired) electrons. The van der Waals surface area contributed by atoms with Crippen molar-refractivity contribution in [3.63, 3.8) is 0 Å². The minimum absolute atomic E-state index is 0.0176. The number of nitrogens with zero attached hydrogens (tertiary/aromatic N) is 2. The van der Waals surface area contributed by atoms with Crippen LogP contribution in [-0.2, 0) is 14.6 Å². The Kier molecular flexibility index (Phi) is 6.86. The van der Waals surface area contributed by atoms with E-state index in [2.05, 4.69) is 5.32 Å². The maximum atomic E-state index is 12.1. The molecule has 0 aliphatic heterocycles. The Labute approximate surface area is 144 Å². The van der Waals surface area contributed by atoms with Crippen LogP contribution in [-0.4, -0.2) is 61.2 Å². The van der Waals surface area contributed by atoms with Gasteiger partial charge in [0.2, 0.25) is 0 Å². The van der Waals surface area contributed by atoms with Crippen LogP contribution in [0.1, 0.15) is 6.92 Å². The van der Waals surface area contributed by atoms with Gasteiger partial charge in [-0.3, -0.25) is 14.9 Å². The van der Waals surface area contributed by atoms with Crippen molar-refractivity contribution in [3.05, 3.63) is 34.4 Å². The number of aliphatic carboxylic acids is 1. The monoisotopic (exact) mass is 373 g/mol. The molecular formula is C14H19N3O7S. The molecular weight excluding hydrogens is 354 g/mol. The fourth-order valence-corrected chi connectivity index (χ4v) is 3.05. The number of hydrogen-bond acceptors (Lipinski definition) is 6. The lowest BCUT2D eigenvalue weighted by atomic mass is 10.2. The van der Waals surface area contributed by atoms with Gasteiger partial charge in [-0.15, -0.1) is 0 Å². The highest BCUT2D eigenvalue weighted by atomic mass is 32.2. The number of urea groups is 1. The van der Waals surface area contributed by atoms with Crippen molar-refractivity contribution < 1.29 is 28.0 Å². The van der Waals surface area contributed by atoms with Gasteiger partial charge in [0.25, 0.3) is 5.69 Å². The minimum atomic E-state index is -3.71. The number of carbonyl (C=O) groups is 2. The number of amides is 2. The quantitative estimate of drug-likeness (QED) is 0.504. The van der Waals surface area contributed by atoms with E-state index in [1.54, 1.807) is 0 Å². The average Bonchev–Trinajstić information content (AvgIpc) is 2.54. The highest BCUT2D eigenvalue weighted by Crippen LogP contribution is 2.16. The van der Waals surface area contributed by atoms with Crippen molar-refractivity contribution in [2.24, 2.45) is 5.92 Å². The van der Waals surface area contributed by atoms with Gasteiger partial charge in [0.05, 0.1) is 21.5 Å². The third-order valence-electron chi connectivity index (χ3n) is 3.37. The molecule has 1 rings (SSSR count). The fourth-order valence-electron chi connectivity index (χ4n) is 1.89. The Balaban J connectivity index is 2.57. The number of nitro groups is 1. The van der Waals surface area contributed by atoms with E-state index in [4.69, 9.17) is 5.11 Å². The predicted octanol–water partition coefficient (Wildman–Crippen LogP) is 0.731. The van der Waals surface area contributed by atoms with Gasteiger partial charge in [0, 0.05) is 32.3 Å². The number of carboxylic acid groups (broad SMARTS) is 1. The average molecular weight is 373 g/mol. The minimum Gasteiger partial charge on any atom is -0.481 e. The molecule has 0 bridgehead atoms. The standard InChI is InChI=1S/C14H19N3O7S/c1-10(13(18)19)9-16(2)14(20)15-7-8-25(23,24)12-5-3-11(4-6-12)17(21)22/h3-6,10H,7-9H2,1-2H3,(H,15,20)(H,18,19). The largest absolute Gasteiger partial charge is 0.481 e. The van der Waals surface area contributed by atoms with E-state index in [1.807, 2.05) is 0 Å². The van der Waals surface area contributed by atoms with Crippen LogP contribution in [0.2, 0.25) is 0 Å². The van der Waals surface area contributed by atoms with Gasteiger partial charge < -0.3 is 15.3 Å². The van der Waals surface area contributed by atoms with Crippen molar-refractivity contribution in [1.82, 2.24) is 10.2 Å². The first-order valence-electron chi connectivity index (χ1n) is 7.23. The summed E-state index contributed by atoms with van der Waals surface area (Å²) >= 11 is 0. The second kappa shape index (κ2) is 8.42. The number of hydrogen-bond donors (Lipinski definition) is 2. The Morgan fingerprint density at radius 3 is 2.36 bits per heavy atom. The summed E-state index contributed by atoms with van der Waals surface area (Å²) < 4.78 is 24.2. The molecule has 2 amide bonds. The molecule has 10 nitrogen and oxygen atoms in total. The first-order valence-corrected chi connectivity index (χ1v) is 8.89. The Hall–Kier alpha value is -2.69. The zero-order valence-corrected chi connectivity index (χ0v) is 14.5. The Morgan fingerprint density at radius 2 is 1.88 bits per heavy atom. The summed E-state index contributed by atoms with van der Waals surface area (Å²) in [5.74, 6) is -2.18. The van der Waals surface area contributed by atoms with E-state index in [9.17, 15) is 28.1 Å². The van der Waals surface area contributed by atoms with Crippen LogP contribution in [0.15, 0.2) is 29.2 Å². The molecule has 0 aliphatic carbocycles. The lowest BCUT2D eigenvalue weighted by Gasteiger charge is -2.19. The van der Waals surface area contributed by atoms with Crippen LogP contribution >= 0.6 is 0 Å². The third kappa shape index (κ3) is 6.03. The number of nitro benzene ring substituents is 1. The molecule has 138 valence electrons. The van der Waals surface area contributed by atoms with Crippen LogP contribution in [0, 0.1) is 16.0 Å². The smallest absolute Gasteiger partial charge is 0.317 e. The molecule has 0 saturated carbocycles. The molecule has 0 heterocycles. The Morgan fingerprint density at radius 1 is 1.32 bits per heavy atom. The molecule has 1 aromatic rings. The summed E-state index contributed by atoms with van der Waals surface area (Å²) in [5, 5.41) is 21.7. The van der Waals surface area contributed by atoms with Gasteiger partial charge in [-0.25, -0.2) is 13.2 Å². The van der Waals surface area contributed by atoms with Crippen molar-refractivity contribution in [2.45, 2.75) is 11.8 Å². The lowest BCUT2D eigenvalue weighted by molar-refractivity contribution is -0.384. The van der Waals surface area contributed by atoms with Crippen LogP contribution < -0.4 is 5.32 Å². The van der Waals surface area contributed by atoms with E-state index in [-0.39, 0.29) is 23.7 Å². The number of carboxylic acids is 1. The fraction of sp³-hybridized carbons (Fsp3) is 0.429. The van der Waals surface area contributed by atoms with Crippen molar-refractivity contribution in [2.75, 3.05) is 25.9 Å². The molecule has 0 aromatic heterocycles. The first kappa shape index (κ1) is 20.4. The summed E-state index contributed by atoms with van der Waals surface area (Å²) in [6, 6.07) is 3.86. The van der Waals surface area contributed by atoms with Gasteiger partial charge in [-0.1, -0.05) is 6.92 Å². The maximum Gasteiger partial charge on any atom is 0.317 e. The third-order valence-corrected chi connectivity index (χ3v) is 5.10. The number of nitrogens with one attached hydrogen (secondary N) is 1. The second-order valence-electron chi connectivity index (χ2n) is 5.42. The molecule has 1 unspecified atom stereocenters. The number of rotatable bonds is 8. The number of benzene rings is 1. The molecule has 11 heteroatoms. The summed E-state index contributed by atoms with van der Waals surface area (Å²) in [6.45, 7) is 1.26. The molecule has 0 saturated heterocycles. The topological polar surface area (TPSA) is 147 Å². The van der Waals surface area contributed by atoms with Gasteiger partial charge in [-0.05, 0) is 12.1 Å². The normalized spacial score (nSPS) is 12.2. The van der Waals surface area contributed by atoms with Crippen LogP contribution in [0.4, 0.5) is 10.5 Å². The Bertz CT molecular complexity index is 746. The van der Waals surface area contributed by atoms with Crippen molar-refractivity contribution in [1.29, 1.82) is 0 Å². The first-order chi connectivity index (χ1) is 11.5. The van der Waals surface area contributed by atoms with Crippen LogP contribution in [0.5, 0.6) is 0 Å². The van der Waals surface area contributed by atoms with Crippen LogP contribution in [0.3, 0.4) is 0 Å². The van der Waals surface area contributed by atoms with Gasteiger partial charge in [0.1, 0.15) is 0 Å². The summed E-state index contributed by atoms with van der Waals surface area (Å²) in [6.07, 6.45) is 0. The zero-order chi connectivity index (χ0) is 19.2. The van der Waals surface area contributed by atoms with Crippen molar-refractivity contribution >= 4 is 27.5 Å². The zero-order valence-electron chi connectivity index (χ0n) is 13.7. The summed E-state index contributed by atoms with van der Waals surface area (Å²) in [4.78, 5) is 33.5. The van der Waals surface area contributed by atoms with E-state index in [1.165, 1.54) is 14.0 Å². The van der Waals surface area contributed by atoms with Crippen LogP contribution in [0.25, 0.3) is 0 Å². The van der Waals surface area contributed by atoms with Crippen molar-refractivity contribution in [3.8, 4) is 0 Å². The van der Waals surface area contributed by atoms with E-state index in [0.717, 1.165) is 29.2 Å². The number of sulfone groups is 1. The summed E-state index contributed by atoms with van der Waals surface area (Å²) in [5.41, 5.74) is -0.221. The molecule has 2 N–H and O–H groups in total.